The first kappa shape index (κ1) is 17.4. The second kappa shape index (κ2) is 8.65. The summed E-state index contributed by atoms with van der Waals surface area (Å²) in [5.74, 6) is -0.338. The Hall–Kier alpha value is -1.91. The van der Waals surface area contributed by atoms with Gasteiger partial charge in [0.25, 0.3) is 0 Å². The van der Waals surface area contributed by atoms with Gasteiger partial charge in [-0.1, -0.05) is 0 Å². The predicted molar refractivity (Wildman–Crippen MR) is 88.1 cm³/mol. The van der Waals surface area contributed by atoms with Crippen LogP contribution < -0.4 is 5.32 Å². The third-order valence-electron chi connectivity index (χ3n) is 3.82. The number of hydrogen-bond donors (Lipinski definition) is 1. The maximum atomic E-state index is 12.0. The molecule has 1 amide bonds. The van der Waals surface area contributed by atoms with Crippen molar-refractivity contribution in [1.82, 2.24) is 4.90 Å². The van der Waals surface area contributed by atoms with Crippen LogP contribution in [-0.2, 0) is 14.3 Å². The van der Waals surface area contributed by atoms with Crippen LogP contribution in [0.4, 0.5) is 5.00 Å². The average Bonchev–Trinajstić information content (AvgIpc) is 3.00. The van der Waals surface area contributed by atoms with Crippen molar-refractivity contribution in [3.8, 4) is 6.07 Å². The van der Waals surface area contributed by atoms with Gasteiger partial charge in [-0.05, 0) is 37.8 Å². The molecule has 1 atom stereocenters. The maximum Gasteiger partial charge on any atom is 0.310 e. The number of hydrogen-bond acceptors (Lipinski definition) is 6. The minimum atomic E-state index is -0.140. The molecule has 0 saturated carbocycles. The van der Waals surface area contributed by atoms with E-state index in [-0.39, 0.29) is 17.8 Å². The van der Waals surface area contributed by atoms with Crippen LogP contribution in [0, 0.1) is 17.2 Å². The van der Waals surface area contributed by atoms with Crippen molar-refractivity contribution in [3.05, 3.63) is 17.0 Å². The van der Waals surface area contributed by atoms with Gasteiger partial charge >= 0.3 is 5.97 Å². The zero-order valence-corrected chi connectivity index (χ0v) is 14.0. The van der Waals surface area contributed by atoms with Gasteiger partial charge in [0.15, 0.2) is 0 Å². The number of amides is 1. The predicted octanol–water partition coefficient (Wildman–Crippen LogP) is 2.22. The van der Waals surface area contributed by atoms with Crippen molar-refractivity contribution in [2.75, 3.05) is 31.6 Å². The summed E-state index contributed by atoms with van der Waals surface area (Å²) in [4.78, 5) is 25.9. The number of carbonyl (C=O) groups excluding carboxylic acids is 2. The first-order valence-corrected chi connectivity index (χ1v) is 8.68. The molecule has 0 aliphatic carbocycles. The van der Waals surface area contributed by atoms with E-state index < -0.39 is 0 Å². The Morgan fingerprint density at radius 2 is 2.39 bits per heavy atom. The second-order valence-corrected chi connectivity index (χ2v) is 6.38. The maximum absolute atomic E-state index is 12.0. The van der Waals surface area contributed by atoms with Gasteiger partial charge in [0.1, 0.15) is 11.1 Å². The number of ether oxygens (including phenoxy) is 1. The van der Waals surface area contributed by atoms with Crippen LogP contribution >= 0.6 is 11.3 Å². The van der Waals surface area contributed by atoms with Crippen LogP contribution in [0.25, 0.3) is 0 Å². The molecule has 1 aliphatic rings. The highest BCUT2D eigenvalue weighted by atomic mass is 32.1. The van der Waals surface area contributed by atoms with Gasteiger partial charge < -0.3 is 15.0 Å². The molecule has 23 heavy (non-hydrogen) atoms. The third kappa shape index (κ3) is 5.05. The Balaban J connectivity index is 1.78. The van der Waals surface area contributed by atoms with E-state index in [4.69, 9.17) is 10.00 Å². The molecule has 0 spiro atoms. The number of thiophene rings is 1. The van der Waals surface area contributed by atoms with Gasteiger partial charge in [0.2, 0.25) is 5.91 Å². The monoisotopic (exact) mass is 335 g/mol. The highest BCUT2D eigenvalue weighted by molar-refractivity contribution is 7.14. The lowest BCUT2D eigenvalue weighted by Gasteiger charge is -2.31. The first-order valence-electron chi connectivity index (χ1n) is 7.80. The Morgan fingerprint density at radius 1 is 1.57 bits per heavy atom. The van der Waals surface area contributed by atoms with E-state index in [0.717, 1.165) is 19.4 Å². The lowest BCUT2D eigenvalue weighted by molar-refractivity contribution is -0.149. The van der Waals surface area contributed by atoms with Crippen LogP contribution in [0.5, 0.6) is 0 Å². The summed E-state index contributed by atoms with van der Waals surface area (Å²) in [6.45, 7) is 4.36. The van der Waals surface area contributed by atoms with Gasteiger partial charge in [-0.15, -0.1) is 11.3 Å². The van der Waals surface area contributed by atoms with E-state index in [1.165, 1.54) is 11.3 Å². The molecule has 0 radical (unpaired) electrons. The van der Waals surface area contributed by atoms with E-state index in [0.29, 0.717) is 36.7 Å². The topological polar surface area (TPSA) is 82.4 Å². The molecular weight excluding hydrogens is 314 g/mol. The normalized spacial score (nSPS) is 18.2. The van der Waals surface area contributed by atoms with Crippen molar-refractivity contribution < 1.29 is 14.3 Å². The molecule has 6 nitrogen and oxygen atoms in total. The highest BCUT2D eigenvalue weighted by Gasteiger charge is 2.26. The average molecular weight is 335 g/mol. The smallest absolute Gasteiger partial charge is 0.310 e. The molecule has 1 aromatic heterocycles. The summed E-state index contributed by atoms with van der Waals surface area (Å²) >= 11 is 1.34. The number of nitrogens with one attached hydrogen (secondary N) is 1. The Labute approximate surface area is 140 Å². The van der Waals surface area contributed by atoms with Crippen molar-refractivity contribution in [2.45, 2.75) is 26.2 Å². The molecule has 1 saturated heterocycles. The largest absolute Gasteiger partial charge is 0.466 e. The molecule has 1 aliphatic heterocycles. The molecule has 7 heteroatoms. The summed E-state index contributed by atoms with van der Waals surface area (Å²) in [6, 6.07) is 3.74. The fourth-order valence-corrected chi connectivity index (χ4v) is 3.41. The van der Waals surface area contributed by atoms with Gasteiger partial charge in [-0.25, -0.2) is 0 Å². The molecule has 124 valence electrons. The SMILES string of the molecule is CCOC(=O)C1CCCN(CCC(=O)Nc2sccc2C#N)C1. The summed E-state index contributed by atoms with van der Waals surface area (Å²) in [7, 11) is 0. The van der Waals surface area contributed by atoms with Crippen LogP contribution in [0.2, 0.25) is 0 Å². The molecule has 1 N–H and O–H groups in total. The number of rotatable bonds is 6. The Kier molecular flexibility index (Phi) is 6.56. The number of nitriles is 1. The molecule has 0 bridgehead atoms. The molecule has 2 rings (SSSR count). The summed E-state index contributed by atoms with van der Waals surface area (Å²) in [6.07, 6.45) is 2.13. The number of piperidine rings is 1. The molecular formula is C16H21N3O3S. The fourth-order valence-electron chi connectivity index (χ4n) is 2.65. The van der Waals surface area contributed by atoms with E-state index in [9.17, 15) is 9.59 Å². The standard InChI is InChI=1S/C16H21N3O3S/c1-2-22-16(21)13-4-3-7-19(11-13)8-5-14(20)18-15-12(10-17)6-9-23-15/h6,9,13H,2-5,7-8,11H2,1H3,(H,18,20). The first-order chi connectivity index (χ1) is 11.1. The molecule has 0 aromatic carbocycles. The summed E-state index contributed by atoms with van der Waals surface area (Å²) in [5, 5.41) is 14.1. The van der Waals surface area contributed by atoms with Gasteiger partial charge in [-0.2, -0.15) is 5.26 Å². The number of carbonyl (C=O) groups is 2. The van der Waals surface area contributed by atoms with Crippen LogP contribution in [0.15, 0.2) is 11.4 Å². The van der Waals surface area contributed by atoms with Crippen molar-refractivity contribution in [3.63, 3.8) is 0 Å². The van der Waals surface area contributed by atoms with E-state index in [1.807, 2.05) is 6.92 Å². The number of nitrogens with zero attached hydrogens (tertiary/aromatic N) is 2. The van der Waals surface area contributed by atoms with Crippen molar-refractivity contribution in [1.29, 1.82) is 5.26 Å². The lowest BCUT2D eigenvalue weighted by atomic mass is 9.98. The van der Waals surface area contributed by atoms with Gasteiger partial charge in [0, 0.05) is 19.5 Å². The van der Waals surface area contributed by atoms with E-state index in [2.05, 4.69) is 16.3 Å². The zero-order chi connectivity index (χ0) is 16.7. The number of esters is 1. The third-order valence-corrected chi connectivity index (χ3v) is 4.65. The number of anilines is 1. The lowest BCUT2D eigenvalue weighted by Crippen LogP contribution is -2.40. The minimum absolute atomic E-state index is 0.0887. The van der Waals surface area contributed by atoms with E-state index in [1.54, 1.807) is 11.4 Å². The number of likely N-dealkylation sites (tertiary alicyclic amines) is 1. The van der Waals surface area contributed by atoms with Gasteiger partial charge in [0.05, 0.1) is 18.1 Å². The van der Waals surface area contributed by atoms with Crippen LogP contribution in [0.1, 0.15) is 31.7 Å². The fraction of sp³-hybridized carbons (Fsp3) is 0.562. The zero-order valence-electron chi connectivity index (χ0n) is 13.2. The molecule has 1 unspecified atom stereocenters. The van der Waals surface area contributed by atoms with Crippen LogP contribution in [0.3, 0.4) is 0 Å². The second-order valence-electron chi connectivity index (χ2n) is 5.47. The Morgan fingerprint density at radius 3 is 3.13 bits per heavy atom. The highest BCUT2D eigenvalue weighted by Crippen LogP contribution is 2.22. The molecule has 1 fully saturated rings. The van der Waals surface area contributed by atoms with E-state index >= 15 is 0 Å². The van der Waals surface area contributed by atoms with Crippen LogP contribution in [-0.4, -0.2) is 43.0 Å². The summed E-state index contributed by atoms with van der Waals surface area (Å²) in [5.41, 5.74) is 0.490. The molecule has 1 aromatic rings. The Bertz CT molecular complexity index is 594. The van der Waals surface area contributed by atoms with Crippen molar-refractivity contribution >= 4 is 28.2 Å². The minimum Gasteiger partial charge on any atom is -0.466 e. The summed E-state index contributed by atoms with van der Waals surface area (Å²) < 4.78 is 5.08. The molecule has 2 heterocycles. The van der Waals surface area contributed by atoms with Gasteiger partial charge in [-0.3, -0.25) is 9.59 Å². The van der Waals surface area contributed by atoms with Crippen molar-refractivity contribution in [2.24, 2.45) is 5.92 Å². The quantitative estimate of drug-likeness (QED) is 0.806.